The fourth-order valence-corrected chi connectivity index (χ4v) is 2.42. The second-order valence-electron chi connectivity index (χ2n) is 5.23. The molecule has 3 amide bonds. The van der Waals surface area contributed by atoms with Crippen LogP contribution in [0.2, 0.25) is 0 Å². The highest BCUT2D eigenvalue weighted by atomic mass is 16.2. The van der Waals surface area contributed by atoms with E-state index in [9.17, 15) is 9.59 Å². The van der Waals surface area contributed by atoms with Gasteiger partial charge in [0.1, 0.15) is 0 Å². The molecule has 1 aliphatic heterocycles. The fourth-order valence-electron chi connectivity index (χ4n) is 2.42. The first-order chi connectivity index (χ1) is 10.1. The van der Waals surface area contributed by atoms with Crippen molar-refractivity contribution in [2.45, 2.75) is 6.92 Å². The first kappa shape index (κ1) is 15.3. The van der Waals surface area contributed by atoms with Gasteiger partial charge in [-0.2, -0.15) is 0 Å². The highest BCUT2D eigenvalue weighted by molar-refractivity contribution is 5.95. The van der Waals surface area contributed by atoms with E-state index in [4.69, 9.17) is 0 Å². The molecule has 0 aliphatic carbocycles. The van der Waals surface area contributed by atoms with E-state index in [2.05, 4.69) is 51.6 Å². The number of rotatable bonds is 3. The number of hydrogen-bond acceptors (Lipinski definition) is 4. The van der Waals surface area contributed by atoms with E-state index in [0.717, 1.165) is 26.2 Å². The number of carbonyl (C=O) groups excluding carboxylic acids is 2. The van der Waals surface area contributed by atoms with Crippen molar-refractivity contribution in [2.75, 3.05) is 44.7 Å². The van der Waals surface area contributed by atoms with Gasteiger partial charge in [0.05, 0.1) is 6.54 Å². The number of anilines is 1. The topological polar surface area (TPSA) is 64.7 Å². The Hall–Kier alpha value is -2.08. The number of benzene rings is 1. The number of urea groups is 1. The molecule has 0 atom stereocenters. The molecular weight excluding hydrogens is 268 g/mol. The summed E-state index contributed by atoms with van der Waals surface area (Å²) in [7, 11) is 1.49. The van der Waals surface area contributed by atoms with Crippen LogP contribution in [-0.4, -0.2) is 56.6 Å². The molecule has 21 heavy (non-hydrogen) atoms. The molecule has 2 N–H and O–H groups in total. The minimum absolute atomic E-state index is 0.259. The third-order valence-electron chi connectivity index (χ3n) is 3.59. The molecule has 1 heterocycles. The highest BCUT2D eigenvalue weighted by Gasteiger charge is 2.19. The summed E-state index contributed by atoms with van der Waals surface area (Å²) >= 11 is 0. The van der Waals surface area contributed by atoms with Crippen molar-refractivity contribution in [3.8, 4) is 0 Å². The minimum atomic E-state index is -0.460. The lowest BCUT2D eigenvalue weighted by Crippen LogP contribution is -2.50. The predicted molar refractivity (Wildman–Crippen MR) is 82.4 cm³/mol. The van der Waals surface area contributed by atoms with Gasteiger partial charge in [0, 0.05) is 38.9 Å². The maximum atomic E-state index is 11.6. The summed E-state index contributed by atoms with van der Waals surface area (Å²) in [6.07, 6.45) is 0. The van der Waals surface area contributed by atoms with Crippen molar-refractivity contribution in [1.82, 2.24) is 15.5 Å². The van der Waals surface area contributed by atoms with Crippen LogP contribution in [0.1, 0.15) is 5.56 Å². The second kappa shape index (κ2) is 7.08. The lowest BCUT2D eigenvalue weighted by atomic mass is 10.2. The van der Waals surface area contributed by atoms with Crippen LogP contribution in [0.25, 0.3) is 0 Å². The number of hydrogen-bond donors (Lipinski definition) is 2. The van der Waals surface area contributed by atoms with Crippen LogP contribution in [0.5, 0.6) is 0 Å². The maximum absolute atomic E-state index is 11.6. The van der Waals surface area contributed by atoms with Crippen molar-refractivity contribution >= 4 is 17.6 Å². The number of nitrogens with one attached hydrogen (secondary N) is 2. The normalized spacial score (nSPS) is 15.6. The van der Waals surface area contributed by atoms with E-state index < -0.39 is 6.03 Å². The van der Waals surface area contributed by atoms with E-state index in [-0.39, 0.29) is 12.5 Å². The summed E-state index contributed by atoms with van der Waals surface area (Å²) in [4.78, 5) is 27.1. The van der Waals surface area contributed by atoms with Gasteiger partial charge in [0.15, 0.2) is 0 Å². The van der Waals surface area contributed by atoms with Crippen molar-refractivity contribution in [2.24, 2.45) is 0 Å². The van der Waals surface area contributed by atoms with Crippen LogP contribution in [0.4, 0.5) is 10.5 Å². The van der Waals surface area contributed by atoms with Gasteiger partial charge >= 0.3 is 6.03 Å². The number of carbonyl (C=O) groups is 2. The Balaban J connectivity index is 1.80. The first-order valence-corrected chi connectivity index (χ1v) is 7.14. The van der Waals surface area contributed by atoms with Crippen LogP contribution in [0, 0.1) is 6.92 Å². The van der Waals surface area contributed by atoms with Crippen molar-refractivity contribution in [1.29, 1.82) is 0 Å². The van der Waals surface area contributed by atoms with E-state index in [1.807, 2.05) is 0 Å². The standard InChI is InChI=1S/C15H22N4O2/c1-12-4-3-5-13(10-12)19-8-6-18(7-9-19)11-14(20)17-15(21)16-2/h3-5,10H,6-9,11H2,1-2H3,(H2,16,17,20,21). The number of nitrogens with zero attached hydrogens (tertiary/aromatic N) is 2. The van der Waals surface area contributed by atoms with Gasteiger partial charge in [0.2, 0.25) is 5.91 Å². The number of piperazine rings is 1. The molecule has 0 spiro atoms. The lowest BCUT2D eigenvalue weighted by Gasteiger charge is -2.35. The number of aryl methyl sites for hydroxylation is 1. The summed E-state index contributed by atoms with van der Waals surface area (Å²) in [5, 5.41) is 4.65. The van der Waals surface area contributed by atoms with E-state index >= 15 is 0 Å². The summed E-state index contributed by atoms with van der Waals surface area (Å²) in [6, 6.07) is 7.98. The van der Waals surface area contributed by atoms with Crippen LogP contribution in [0.15, 0.2) is 24.3 Å². The van der Waals surface area contributed by atoms with E-state index in [1.54, 1.807) is 0 Å². The molecular formula is C15H22N4O2. The Bertz CT molecular complexity index is 510. The molecule has 0 unspecified atom stereocenters. The molecule has 1 aromatic carbocycles. The molecule has 1 fully saturated rings. The second-order valence-corrected chi connectivity index (χ2v) is 5.23. The van der Waals surface area contributed by atoms with Crippen molar-refractivity contribution in [3.05, 3.63) is 29.8 Å². The van der Waals surface area contributed by atoms with Gasteiger partial charge in [-0.1, -0.05) is 12.1 Å². The van der Waals surface area contributed by atoms with Gasteiger partial charge in [-0.25, -0.2) is 4.79 Å². The Kier molecular flexibility index (Phi) is 5.16. The average Bonchev–Trinajstić information content (AvgIpc) is 2.47. The van der Waals surface area contributed by atoms with E-state index in [1.165, 1.54) is 18.3 Å². The van der Waals surface area contributed by atoms with Crippen molar-refractivity contribution in [3.63, 3.8) is 0 Å². The van der Waals surface area contributed by atoms with Gasteiger partial charge in [-0.3, -0.25) is 15.0 Å². The fraction of sp³-hybridized carbons (Fsp3) is 0.467. The minimum Gasteiger partial charge on any atom is -0.369 e. The molecule has 0 aromatic heterocycles. The zero-order valence-electron chi connectivity index (χ0n) is 12.6. The van der Waals surface area contributed by atoms with E-state index in [0.29, 0.717) is 0 Å². The van der Waals surface area contributed by atoms with Gasteiger partial charge in [-0.15, -0.1) is 0 Å². The van der Waals surface area contributed by atoms with Gasteiger partial charge in [0.25, 0.3) is 0 Å². The third kappa shape index (κ3) is 4.46. The summed E-state index contributed by atoms with van der Waals surface area (Å²) < 4.78 is 0. The first-order valence-electron chi connectivity index (χ1n) is 7.14. The Labute approximate surface area is 125 Å². The van der Waals surface area contributed by atoms with Crippen LogP contribution in [0.3, 0.4) is 0 Å². The largest absolute Gasteiger partial charge is 0.369 e. The smallest absolute Gasteiger partial charge is 0.321 e. The molecule has 2 rings (SSSR count). The predicted octanol–water partition coefficient (Wildman–Crippen LogP) is 0.573. The Morgan fingerprint density at radius 1 is 1.19 bits per heavy atom. The molecule has 1 saturated heterocycles. The Morgan fingerprint density at radius 3 is 2.52 bits per heavy atom. The maximum Gasteiger partial charge on any atom is 0.321 e. The molecule has 0 saturated carbocycles. The molecule has 6 nitrogen and oxygen atoms in total. The monoisotopic (exact) mass is 290 g/mol. The summed E-state index contributed by atoms with van der Waals surface area (Å²) in [5.74, 6) is -0.265. The van der Waals surface area contributed by atoms with Gasteiger partial charge in [-0.05, 0) is 24.6 Å². The quantitative estimate of drug-likeness (QED) is 0.854. The lowest BCUT2D eigenvalue weighted by molar-refractivity contribution is -0.121. The SMILES string of the molecule is CNC(=O)NC(=O)CN1CCN(c2cccc(C)c2)CC1. The van der Waals surface area contributed by atoms with Crippen LogP contribution < -0.4 is 15.5 Å². The molecule has 0 radical (unpaired) electrons. The van der Waals surface area contributed by atoms with Crippen LogP contribution in [-0.2, 0) is 4.79 Å². The summed E-state index contributed by atoms with van der Waals surface area (Å²) in [5.41, 5.74) is 2.48. The highest BCUT2D eigenvalue weighted by Crippen LogP contribution is 2.17. The number of imide groups is 1. The molecule has 114 valence electrons. The molecule has 0 bridgehead atoms. The average molecular weight is 290 g/mol. The molecule has 1 aliphatic rings. The zero-order chi connectivity index (χ0) is 15.2. The zero-order valence-corrected chi connectivity index (χ0v) is 12.6. The molecule has 1 aromatic rings. The van der Waals surface area contributed by atoms with Gasteiger partial charge < -0.3 is 10.2 Å². The Morgan fingerprint density at radius 2 is 1.90 bits per heavy atom. The summed E-state index contributed by atoms with van der Waals surface area (Å²) in [6.45, 7) is 5.75. The van der Waals surface area contributed by atoms with Crippen molar-refractivity contribution < 1.29 is 9.59 Å². The molecule has 6 heteroatoms. The number of amides is 3. The third-order valence-corrected chi connectivity index (χ3v) is 3.59. The van der Waals surface area contributed by atoms with Crippen LogP contribution >= 0.6 is 0 Å².